The van der Waals surface area contributed by atoms with E-state index in [1.165, 1.54) is 30.5 Å². The fourth-order valence-corrected chi connectivity index (χ4v) is 4.70. The van der Waals surface area contributed by atoms with Gasteiger partial charge in [-0.15, -0.1) is 0 Å². The number of hydrogen-bond donors (Lipinski definition) is 1. The Balaban J connectivity index is 1.54. The van der Waals surface area contributed by atoms with Gasteiger partial charge in [-0.3, -0.25) is 19.2 Å². The van der Waals surface area contributed by atoms with Crippen LogP contribution < -0.4 is 9.62 Å². The number of anilines is 1. The number of imide groups is 1. The van der Waals surface area contributed by atoms with E-state index in [4.69, 9.17) is 4.42 Å². The molecule has 31 heavy (non-hydrogen) atoms. The summed E-state index contributed by atoms with van der Waals surface area (Å²) in [4.78, 5) is 24.9. The van der Waals surface area contributed by atoms with Crippen LogP contribution in [0.5, 0.6) is 0 Å². The van der Waals surface area contributed by atoms with Crippen molar-refractivity contribution in [3.05, 3.63) is 65.9 Å². The first-order chi connectivity index (χ1) is 14.8. The number of benzene rings is 1. The number of aromatic nitrogens is 2. The maximum atomic E-state index is 12.9. The fraction of sp³-hybridized carbons (Fsp3) is 0.286. The molecular weight excluding hydrogens is 420 g/mol. The van der Waals surface area contributed by atoms with E-state index in [2.05, 4.69) is 9.82 Å². The van der Waals surface area contributed by atoms with Crippen molar-refractivity contribution in [3.8, 4) is 0 Å². The quantitative estimate of drug-likeness (QED) is 0.562. The lowest BCUT2D eigenvalue weighted by atomic mass is 10.2. The summed E-state index contributed by atoms with van der Waals surface area (Å²) < 4.78 is 35.6. The van der Waals surface area contributed by atoms with Gasteiger partial charge in [0.1, 0.15) is 11.8 Å². The van der Waals surface area contributed by atoms with Crippen molar-refractivity contribution in [2.75, 3.05) is 11.4 Å². The molecule has 3 aromatic rings. The summed E-state index contributed by atoms with van der Waals surface area (Å²) in [5.74, 6) is 0.00474. The number of hydrogen-bond acceptors (Lipinski definition) is 6. The number of amides is 2. The first-order valence-electron chi connectivity index (χ1n) is 9.78. The largest absolute Gasteiger partial charge is 0.467 e. The van der Waals surface area contributed by atoms with Gasteiger partial charge in [-0.05, 0) is 56.3 Å². The van der Waals surface area contributed by atoms with Gasteiger partial charge in [0.2, 0.25) is 21.8 Å². The summed E-state index contributed by atoms with van der Waals surface area (Å²) in [7, 11) is -3.85. The molecular formula is C21H22N4O5S. The highest BCUT2D eigenvalue weighted by Gasteiger charge is 2.30. The zero-order valence-corrected chi connectivity index (χ0v) is 17.9. The van der Waals surface area contributed by atoms with E-state index in [1.807, 2.05) is 19.9 Å². The van der Waals surface area contributed by atoms with E-state index < -0.39 is 16.1 Å². The Bertz CT molecular complexity index is 1200. The summed E-state index contributed by atoms with van der Waals surface area (Å²) in [6.07, 6.45) is 1.87. The van der Waals surface area contributed by atoms with E-state index in [-0.39, 0.29) is 36.1 Å². The minimum atomic E-state index is -3.85. The van der Waals surface area contributed by atoms with Crippen molar-refractivity contribution in [2.24, 2.45) is 0 Å². The zero-order chi connectivity index (χ0) is 22.2. The maximum Gasteiger partial charge on any atom is 0.240 e. The standard InChI is InChI=1S/C21H22N4O5S/c1-14-12-15(2)25(23-14)18(19-4-3-11-30-19)13-22-31(28,29)17-7-5-16(6-8-17)24-20(26)9-10-21(24)27/h3-8,11-12,18,22H,9-10,13H2,1-2H3. The smallest absolute Gasteiger partial charge is 0.240 e. The molecule has 0 bridgehead atoms. The second kappa shape index (κ2) is 8.12. The molecule has 0 radical (unpaired) electrons. The van der Waals surface area contributed by atoms with Gasteiger partial charge in [0.25, 0.3) is 0 Å². The molecule has 2 aromatic heterocycles. The lowest BCUT2D eigenvalue weighted by Gasteiger charge is -2.18. The molecule has 10 heteroatoms. The van der Waals surface area contributed by atoms with Crippen LogP contribution in [0.2, 0.25) is 0 Å². The molecule has 1 N–H and O–H groups in total. The first-order valence-corrected chi connectivity index (χ1v) is 11.3. The highest BCUT2D eigenvalue weighted by Crippen LogP contribution is 2.25. The monoisotopic (exact) mass is 442 g/mol. The summed E-state index contributed by atoms with van der Waals surface area (Å²) in [5.41, 5.74) is 2.06. The van der Waals surface area contributed by atoms with Crippen molar-refractivity contribution >= 4 is 27.5 Å². The molecule has 162 valence electrons. The Morgan fingerprint density at radius 2 is 1.77 bits per heavy atom. The number of nitrogens with one attached hydrogen (secondary N) is 1. The van der Waals surface area contributed by atoms with Crippen molar-refractivity contribution in [1.82, 2.24) is 14.5 Å². The van der Waals surface area contributed by atoms with Crippen LogP contribution in [0.25, 0.3) is 0 Å². The topological polar surface area (TPSA) is 115 Å². The molecule has 3 heterocycles. The van der Waals surface area contributed by atoms with E-state index >= 15 is 0 Å². The third-order valence-corrected chi connectivity index (χ3v) is 6.57. The molecule has 1 aliphatic rings. The van der Waals surface area contributed by atoms with Crippen LogP contribution in [0.4, 0.5) is 5.69 Å². The van der Waals surface area contributed by atoms with E-state index in [0.717, 1.165) is 16.3 Å². The Hall–Kier alpha value is -3.24. The van der Waals surface area contributed by atoms with Gasteiger partial charge >= 0.3 is 0 Å². The van der Waals surface area contributed by atoms with Gasteiger partial charge in [-0.1, -0.05) is 0 Å². The van der Waals surface area contributed by atoms with Gasteiger partial charge in [0, 0.05) is 25.1 Å². The predicted octanol–water partition coefficient (Wildman–Crippen LogP) is 2.31. The molecule has 0 saturated carbocycles. The third-order valence-electron chi connectivity index (χ3n) is 5.13. The van der Waals surface area contributed by atoms with Gasteiger partial charge < -0.3 is 4.42 Å². The lowest BCUT2D eigenvalue weighted by molar-refractivity contribution is -0.121. The van der Waals surface area contributed by atoms with Gasteiger partial charge in [-0.2, -0.15) is 5.10 Å². The van der Waals surface area contributed by atoms with Gasteiger partial charge in [0.05, 0.1) is 22.5 Å². The average Bonchev–Trinajstić information content (AvgIpc) is 3.44. The minimum absolute atomic E-state index is 0.0295. The highest BCUT2D eigenvalue weighted by atomic mass is 32.2. The average molecular weight is 442 g/mol. The normalized spacial score (nSPS) is 15.6. The third kappa shape index (κ3) is 4.17. The second-order valence-corrected chi connectivity index (χ2v) is 9.14. The van der Waals surface area contributed by atoms with E-state index in [9.17, 15) is 18.0 Å². The molecule has 2 amide bonds. The Morgan fingerprint density at radius 3 is 2.32 bits per heavy atom. The van der Waals surface area contributed by atoms with E-state index in [0.29, 0.717) is 11.4 Å². The van der Waals surface area contributed by atoms with Crippen LogP contribution in [0, 0.1) is 13.8 Å². The minimum Gasteiger partial charge on any atom is -0.467 e. The number of carbonyl (C=O) groups is 2. The van der Waals surface area contributed by atoms with Crippen molar-refractivity contribution < 1.29 is 22.4 Å². The molecule has 1 fully saturated rings. The van der Waals surface area contributed by atoms with Crippen LogP contribution in [0.15, 0.2) is 58.0 Å². The summed E-state index contributed by atoms with van der Waals surface area (Å²) >= 11 is 0. The fourth-order valence-electron chi connectivity index (χ4n) is 3.66. The summed E-state index contributed by atoms with van der Waals surface area (Å²) in [6, 6.07) is 10.6. The summed E-state index contributed by atoms with van der Waals surface area (Å²) in [6.45, 7) is 3.79. The number of aryl methyl sites for hydroxylation is 2. The molecule has 1 aliphatic heterocycles. The van der Waals surface area contributed by atoms with Crippen LogP contribution in [0.3, 0.4) is 0 Å². The van der Waals surface area contributed by atoms with Crippen molar-refractivity contribution in [1.29, 1.82) is 0 Å². The van der Waals surface area contributed by atoms with Crippen LogP contribution >= 0.6 is 0 Å². The number of sulfonamides is 1. The molecule has 0 spiro atoms. The van der Waals surface area contributed by atoms with Crippen LogP contribution in [-0.2, 0) is 19.6 Å². The molecule has 1 saturated heterocycles. The van der Waals surface area contributed by atoms with Crippen LogP contribution in [0.1, 0.15) is 36.0 Å². The molecule has 1 aromatic carbocycles. The second-order valence-electron chi connectivity index (χ2n) is 7.37. The van der Waals surface area contributed by atoms with E-state index in [1.54, 1.807) is 16.8 Å². The Labute approximate surface area is 179 Å². The predicted molar refractivity (Wildman–Crippen MR) is 112 cm³/mol. The molecule has 0 aliphatic carbocycles. The van der Waals surface area contributed by atoms with Crippen molar-refractivity contribution in [3.63, 3.8) is 0 Å². The Morgan fingerprint density at radius 1 is 1.10 bits per heavy atom. The Kier molecular flexibility index (Phi) is 5.50. The van der Waals surface area contributed by atoms with Crippen molar-refractivity contribution in [2.45, 2.75) is 37.6 Å². The van der Waals surface area contributed by atoms with Crippen LogP contribution in [-0.4, -0.2) is 36.6 Å². The zero-order valence-electron chi connectivity index (χ0n) is 17.1. The SMILES string of the molecule is Cc1cc(C)n(C(CNS(=O)(=O)c2ccc(N3C(=O)CCC3=O)cc2)c2ccco2)n1. The number of rotatable bonds is 7. The van der Waals surface area contributed by atoms with Gasteiger partial charge in [0.15, 0.2) is 0 Å². The maximum absolute atomic E-state index is 12.9. The number of carbonyl (C=O) groups excluding carboxylic acids is 2. The molecule has 1 unspecified atom stereocenters. The lowest BCUT2D eigenvalue weighted by Crippen LogP contribution is -2.32. The molecule has 9 nitrogen and oxygen atoms in total. The number of nitrogens with zero attached hydrogens (tertiary/aromatic N) is 3. The molecule has 4 rings (SSSR count). The first kappa shape index (κ1) is 21.0. The van der Waals surface area contributed by atoms with Gasteiger partial charge in [-0.25, -0.2) is 13.1 Å². The highest BCUT2D eigenvalue weighted by molar-refractivity contribution is 7.89. The number of furan rings is 1. The molecule has 1 atom stereocenters. The summed E-state index contributed by atoms with van der Waals surface area (Å²) in [5, 5.41) is 4.46.